The van der Waals surface area contributed by atoms with Crippen molar-refractivity contribution in [1.29, 1.82) is 0 Å². The molecule has 2 heterocycles. The van der Waals surface area contributed by atoms with Crippen LogP contribution in [0.15, 0.2) is 85.2 Å². The van der Waals surface area contributed by atoms with Crippen LogP contribution in [0.1, 0.15) is 57.7 Å². The fourth-order valence-electron chi connectivity index (χ4n) is 6.38. The summed E-state index contributed by atoms with van der Waals surface area (Å²) in [6.07, 6.45) is 1.29. The molecule has 0 aliphatic carbocycles. The molecule has 1 saturated heterocycles. The first-order valence-electron chi connectivity index (χ1n) is 18.2. The minimum Gasteiger partial charge on any atom is -0.436 e. The third kappa shape index (κ3) is 11.7. The van der Waals surface area contributed by atoms with Gasteiger partial charge in [-0.05, 0) is 35.1 Å². The van der Waals surface area contributed by atoms with Crippen LogP contribution in [0.2, 0.25) is 0 Å². The van der Waals surface area contributed by atoms with Gasteiger partial charge in [0.2, 0.25) is 5.91 Å². The molecule has 286 valence electrons. The summed E-state index contributed by atoms with van der Waals surface area (Å²) < 4.78 is 5.47. The first kappa shape index (κ1) is 40.8. The molecule has 13 heteroatoms. The fraction of sp³-hybridized carbons (Fsp3) is 0.475. The number of nitrogens with zero attached hydrogens (tertiary/aromatic N) is 4. The van der Waals surface area contributed by atoms with Gasteiger partial charge < -0.3 is 30.3 Å². The largest absolute Gasteiger partial charge is 0.436 e. The van der Waals surface area contributed by atoms with E-state index < -0.39 is 41.7 Å². The lowest BCUT2D eigenvalue weighted by atomic mass is 9.88. The van der Waals surface area contributed by atoms with Gasteiger partial charge in [0.25, 0.3) is 5.91 Å². The number of hydrogen-bond acceptors (Lipinski definition) is 8. The lowest BCUT2D eigenvalue weighted by Crippen LogP contribution is -2.59. The van der Waals surface area contributed by atoms with Crippen LogP contribution in [0.5, 0.6) is 0 Å². The van der Waals surface area contributed by atoms with E-state index in [0.717, 1.165) is 16.7 Å². The molecule has 0 unspecified atom stereocenters. The molecule has 4 N–H and O–H groups in total. The van der Waals surface area contributed by atoms with Gasteiger partial charge in [0.15, 0.2) is 6.10 Å². The second-order valence-corrected chi connectivity index (χ2v) is 14.7. The molecule has 3 aromatic rings. The number of alkyl carbamates (subject to hydrolysis) is 1. The van der Waals surface area contributed by atoms with Gasteiger partial charge in [-0.1, -0.05) is 108 Å². The molecular formula is C40H55N7O6. The molecule has 1 fully saturated rings. The second-order valence-electron chi connectivity index (χ2n) is 14.7. The number of rotatable bonds is 17. The monoisotopic (exact) mass is 729 g/mol. The maximum absolute atomic E-state index is 14.3. The SMILES string of the molecule is CC[C@H](C)[C@@H](C(=O)N[C@@H](Cc1ccccc1)[C@@H](O)CN(Cc1ccccc1)NC(=O)[C@@H](OC(=O)NC)C(C)(C)C)N1CCN(Cc2cccnc2)C1=O. The van der Waals surface area contributed by atoms with E-state index in [1.807, 2.05) is 86.6 Å². The van der Waals surface area contributed by atoms with Crippen LogP contribution in [0.3, 0.4) is 0 Å². The fourth-order valence-corrected chi connectivity index (χ4v) is 6.38. The van der Waals surface area contributed by atoms with Crippen LogP contribution in [-0.2, 0) is 33.8 Å². The minimum atomic E-state index is -1.18. The molecule has 0 saturated carbocycles. The van der Waals surface area contributed by atoms with Crippen molar-refractivity contribution in [2.45, 2.75) is 84.8 Å². The number of nitrogens with one attached hydrogen (secondary N) is 3. The number of carbonyl (C=O) groups excluding carboxylic acids is 4. The summed E-state index contributed by atoms with van der Waals surface area (Å²) in [6, 6.07) is 20.9. The summed E-state index contributed by atoms with van der Waals surface area (Å²) in [4.78, 5) is 61.5. The van der Waals surface area contributed by atoms with Crippen LogP contribution < -0.4 is 16.1 Å². The maximum atomic E-state index is 14.3. The lowest BCUT2D eigenvalue weighted by Gasteiger charge is -2.36. The topological polar surface area (TPSA) is 156 Å². The zero-order valence-electron chi connectivity index (χ0n) is 31.7. The van der Waals surface area contributed by atoms with Crippen LogP contribution in [0, 0.1) is 11.3 Å². The summed E-state index contributed by atoms with van der Waals surface area (Å²) in [7, 11) is 1.42. The molecular weight excluding hydrogens is 674 g/mol. The Labute approximate surface area is 313 Å². The smallest absolute Gasteiger partial charge is 0.407 e. The Morgan fingerprint density at radius 3 is 2.17 bits per heavy atom. The highest BCUT2D eigenvalue weighted by Crippen LogP contribution is 2.25. The first-order chi connectivity index (χ1) is 25.3. The quantitative estimate of drug-likeness (QED) is 0.151. The number of pyridine rings is 1. The summed E-state index contributed by atoms with van der Waals surface area (Å²) in [5.41, 5.74) is 4.79. The zero-order chi connectivity index (χ0) is 38.5. The summed E-state index contributed by atoms with van der Waals surface area (Å²) in [6.45, 7) is 10.7. The molecule has 13 nitrogen and oxygen atoms in total. The second kappa shape index (κ2) is 19.2. The molecule has 0 bridgehead atoms. The highest BCUT2D eigenvalue weighted by molar-refractivity contribution is 5.88. The number of amides is 5. The Bertz CT molecular complexity index is 1620. The normalized spacial score (nSPS) is 16.0. The van der Waals surface area contributed by atoms with Gasteiger partial charge in [-0.2, -0.15) is 0 Å². The van der Waals surface area contributed by atoms with Crippen LogP contribution in [0.4, 0.5) is 9.59 Å². The lowest BCUT2D eigenvalue weighted by molar-refractivity contribution is -0.141. The molecule has 5 amide bonds. The Kier molecular flexibility index (Phi) is 14.7. The number of aromatic nitrogens is 1. The number of aliphatic hydroxyl groups excluding tert-OH is 1. The molecule has 1 aliphatic heterocycles. The molecule has 53 heavy (non-hydrogen) atoms. The van der Waals surface area contributed by atoms with E-state index in [9.17, 15) is 24.3 Å². The highest BCUT2D eigenvalue weighted by atomic mass is 16.6. The maximum Gasteiger partial charge on any atom is 0.407 e. The summed E-state index contributed by atoms with van der Waals surface area (Å²) in [5, 5.41) is 19.1. The molecule has 1 aromatic heterocycles. The van der Waals surface area contributed by atoms with Gasteiger partial charge in [0.1, 0.15) is 6.04 Å². The van der Waals surface area contributed by atoms with E-state index in [2.05, 4.69) is 21.0 Å². The Hall–Kier alpha value is -5.01. The Morgan fingerprint density at radius 2 is 1.58 bits per heavy atom. The van der Waals surface area contributed by atoms with E-state index >= 15 is 0 Å². The Balaban J connectivity index is 1.59. The molecule has 4 rings (SSSR count). The molecule has 1 aliphatic rings. The van der Waals surface area contributed by atoms with Gasteiger partial charge in [-0.15, -0.1) is 0 Å². The van der Waals surface area contributed by atoms with Gasteiger partial charge in [-0.3, -0.25) is 20.0 Å². The van der Waals surface area contributed by atoms with Crippen molar-refractivity contribution in [2.75, 3.05) is 26.7 Å². The van der Waals surface area contributed by atoms with Crippen LogP contribution >= 0.6 is 0 Å². The summed E-state index contributed by atoms with van der Waals surface area (Å²) >= 11 is 0. The average Bonchev–Trinajstić information content (AvgIpc) is 3.49. The number of benzene rings is 2. The number of hydrogen-bond donors (Lipinski definition) is 4. The van der Waals surface area contributed by atoms with Crippen molar-refractivity contribution in [3.63, 3.8) is 0 Å². The van der Waals surface area contributed by atoms with Crippen molar-refractivity contribution in [1.82, 2.24) is 35.9 Å². The molecule has 0 radical (unpaired) electrons. The van der Waals surface area contributed by atoms with Gasteiger partial charge in [-0.25, -0.2) is 14.6 Å². The van der Waals surface area contributed by atoms with Crippen molar-refractivity contribution < 1.29 is 29.0 Å². The number of aliphatic hydroxyl groups is 1. The van der Waals surface area contributed by atoms with Crippen LogP contribution in [0.25, 0.3) is 0 Å². The van der Waals surface area contributed by atoms with E-state index in [4.69, 9.17) is 4.74 Å². The third-order valence-electron chi connectivity index (χ3n) is 9.45. The van der Waals surface area contributed by atoms with E-state index in [-0.39, 0.29) is 30.9 Å². The van der Waals surface area contributed by atoms with E-state index in [0.29, 0.717) is 32.5 Å². The number of urea groups is 1. The Morgan fingerprint density at radius 1 is 0.943 bits per heavy atom. The third-order valence-corrected chi connectivity index (χ3v) is 9.45. The highest BCUT2D eigenvalue weighted by Gasteiger charge is 2.41. The predicted octanol–water partition coefficient (Wildman–Crippen LogP) is 4.13. The van der Waals surface area contributed by atoms with Crippen molar-refractivity contribution in [3.05, 3.63) is 102 Å². The van der Waals surface area contributed by atoms with Gasteiger partial charge >= 0.3 is 12.1 Å². The molecule has 0 spiro atoms. The van der Waals surface area contributed by atoms with Gasteiger partial charge in [0.05, 0.1) is 12.1 Å². The average molecular weight is 730 g/mol. The van der Waals surface area contributed by atoms with E-state index in [1.54, 1.807) is 48.0 Å². The number of carbonyl (C=O) groups is 4. The molecule has 2 aromatic carbocycles. The van der Waals surface area contributed by atoms with Crippen molar-refractivity contribution >= 4 is 23.9 Å². The summed E-state index contributed by atoms with van der Waals surface area (Å²) in [5.74, 6) is -1.09. The van der Waals surface area contributed by atoms with Crippen molar-refractivity contribution in [2.24, 2.45) is 11.3 Å². The predicted molar refractivity (Wildman–Crippen MR) is 202 cm³/mol. The standard InChI is InChI=1S/C40H55N7O6/c1-7-28(2)34(47-22-21-45(39(47)52)25-31-19-14-20-42-24-31)36(49)43-32(23-29-15-10-8-11-16-29)33(48)27-46(26-30-17-12-9-13-18-30)44-37(50)35(40(3,4)5)53-38(51)41-6/h8-20,24,28,32-35,48H,7,21-23,25-27H2,1-6H3,(H,41,51)(H,43,49)(H,44,50)/t28-,32-,33-,34-,35+/m0/s1. The minimum absolute atomic E-state index is 0.0786. The zero-order valence-corrected chi connectivity index (χ0v) is 31.7. The van der Waals surface area contributed by atoms with Crippen molar-refractivity contribution in [3.8, 4) is 0 Å². The number of hydrazine groups is 1. The van der Waals surface area contributed by atoms with Crippen LogP contribution in [-0.4, -0.2) is 99.8 Å². The number of ether oxygens (including phenoxy) is 1. The van der Waals surface area contributed by atoms with Gasteiger partial charge in [0, 0.05) is 57.6 Å². The van der Waals surface area contributed by atoms with E-state index in [1.165, 1.54) is 7.05 Å². The molecule has 5 atom stereocenters. The first-order valence-corrected chi connectivity index (χ1v) is 18.2.